The Labute approximate surface area is 195 Å². The third-order valence-electron chi connectivity index (χ3n) is 5.18. The van der Waals surface area contributed by atoms with Crippen molar-refractivity contribution in [3.05, 3.63) is 95.5 Å². The highest BCUT2D eigenvalue weighted by molar-refractivity contribution is 8.00. The number of hydrogen-bond donors (Lipinski definition) is 0. The van der Waals surface area contributed by atoms with E-state index in [9.17, 15) is 18.0 Å². The Morgan fingerprint density at radius 1 is 0.909 bits per heavy atom. The number of carbonyl (C=O) groups excluding carboxylic acids is 1. The van der Waals surface area contributed by atoms with Gasteiger partial charge in [0.2, 0.25) is 0 Å². The maximum Gasteiger partial charge on any atom is 0.446 e. The molecule has 0 radical (unpaired) electrons. The molecule has 0 aliphatic rings. The first-order valence-corrected chi connectivity index (χ1v) is 11.1. The number of hydrogen-bond acceptors (Lipinski definition) is 3. The van der Waals surface area contributed by atoms with Gasteiger partial charge in [0.05, 0.1) is 11.0 Å². The molecule has 4 aromatic carbocycles. The quantitative estimate of drug-likeness (QED) is 0.246. The van der Waals surface area contributed by atoms with Crippen LogP contribution in [0.15, 0.2) is 89.8 Å². The summed E-state index contributed by atoms with van der Waals surface area (Å²) in [7, 11) is 0. The van der Waals surface area contributed by atoms with Gasteiger partial charge in [-0.05, 0) is 65.0 Å². The molecule has 0 unspecified atom stereocenters. The van der Waals surface area contributed by atoms with Crippen LogP contribution in [0.3, 0.4) is 0 Å². The minimum absolute atomic E-state index is 0.00981. The lowest BCUT2D eigenvalue weighted by Crippen LogP contribution is -2.13. The Morgan fingerprint density at radius 2 is 1.64 bits per heavy atom. The van der Waals surface area contributed by atoms with Crippen LogP contribution in [0, 0.1) is 0 Å². The van der Waals surface area contributed by atoms with Gasteiger partial charge in [-0.2, -0.15) is 13.2 Å². The van der Waals surface area contributed by atoms with Crippen molar-refractivity contribution in [3.8, 4) is 11.4 Å². The first-order chi connectivity index (χ1) is 15.8. The number of benzene rings is 4. The molecule has 1 heterocycles. The van der Waals surface area contributed by atoms with E-state index in [0.29, 0.717) is 21.9 Å². The Balaban J connectivity index is 1.68. The van der Waals surface area contributed by atoms with E-state index < -0.39 is 11.4 Å². The molecule has 0 aliphatic heterocycles. The predicted molar refractivity (Wildman–Crippen MR) is 126 cm³/mol. The van der Waals surface area contributed by atoms with E-state index in [1.165, 1.54) is 28.8 Å². The topological polar surface area (TPSA) is 34.9 Å². The maximum absolute atomic E-state index is 13.6. The summed E-state index contributed by atoms with van der Waals surface area (Å²) in [5, 5.41) is 2.40. The van der Waals surface area contributed by atoms with Gasteiger partial charge < -0.3 is 0 Å². The summed E-state index contributed by atoms with van der Waals surface area (Å²) in [6.45, 7) is 0. The zero-order chi connectivity index (χ0) is 23.2. The molecule has 0 spiro atoms. The number of aromatic nitrogens is 2. The van der Waals surface area contributed by atoms with E-state index >= 15 is 0 Å². The van der Waals surface area contributed by atoms with Crippen molar-refractivity contribution in [3.63, 3.8) is 0 Å². The molecule has 5 rings (SSSR count). The Hall–Kier alpha value is -3.29. The van der Waals surface area contributed by atoms with Crippen LogP contribution in [-0.4, -0.2) is 21.0 Å². The second-order valence-electron chi connectivity index (χ2n) is 7.31. The number of imidazole rings is 1. The minimum atomic E-state index is -4.40. The van der Waals surface area contributed by atoms with Gasteiger partial charge in [0.15, 0.2) is 0 Å². The number of thioether (sulfide) groups is 1. The van der Waals surface area contributed by atoms with Crippen molar-refractivity contribution < 1.29 is 18.0 Å². The van der Waals surface area contributed by atoms with Crippen LogP contribution in [-0.2, 0) is 0 Å². The largest absolute Gasteiger partial charge is 0.446 e. The minimum Gasteiger partial charge on any atom is -0.268 e. The van der Waals surface area contributed by atoms with Crippen LogP contribution < -0.4 is 0 Å². The third-order valence-corrected chi connectivity index (χ3v) is 6.16. The zero-order valence-corrected chi connectivity index (χ0v) is 18.4. The monoisotopic (exact) mass is 482 g/mol. The number of alkyl halides is 3. The molecule has 33 heavy (non-hydrogen) atoms. The summed E-state index contributed by atoms with van der Waals surface area (Å²) in [4.78, 5) is 18.3. The highest BCUT2D eigenvalue weighted by atomic mass is 35.5. The summed E-state index contributed by atoms with van der Waals surface area (Å²) >= 11 is 5.94. The zero-order valence-electron chi connectivity index (χ0n) is 16.8. The summed E-state index contributed by atoms with van der Waals surface area (Å²) in [5.41, 5.74) is -2.29. The molecule has 0 N–H and O–H groups in total. The number of rotatable bonds is 3. The van der Waals surface area contributed by atoms with Crippen LogP contribution in [0.25, 0.3) is 33.2 Å². The average molecular weight is 483 g/mol. The Morgan fingerprint density at radius 3 is 2.39 bits per heavy atom. The van der Waals surface area contributed by atoms with E-state index in [1.807, 2.05) is 42.5 Å². The maximum atomic E-state index is 13.6. The number of halogens is 4. The number of carbonyl (C=O) groups is 1. The van der Waals surface area contributed by atoms with Gasteiger partial charge in [0.1, 0.15) is 5.82 Å². The second-order valence-corrected chi connectivity index (χ2v) is 8.88. The molecule has 5 aromatic rings. The predicted octanol–water partition coefficient (Wildman–Crippen LogP) is 7.81. The summed E-state index contributed by atoms with van der Waals surface area (Å²) < 4.78 is 39.5. The van der Waals surface area contributed by atoms with Crippen LogP contribution in [0.2, 0.25) is 5.02 Å². The Bertz CT molecular complexity index is 1510. The van der Waals surface area contributed by atoms with Gasteiger partial charge in [-0.25, -0.2) is 4.98 Å². The number of nitrogens with zero attached hydrogens (tertiary/aromatic N) is 2. The van der Waals surface area contributed by atoms with E-state index in [0.717, 1.165) is 16.3 Å². The Kier molecular flexibility index (Phi) is 5.38. The van der Waals surface area contributed by atoms with Crippen molar-refractivity contribution in [2.24, 2.45) is 0 Å². The van der Waals surface area contributed by atoms with Crippen LogP contribution in [0.5, 0.6) is 0 Å². The normalized spacial score (nSPS) is 11.9. The smallest absolute Gasteiger partial charge is 0.268 e. The second kappa shape index (κ2) is 8.24. The summed E-state index contributed by atoms with van der Waals surface area (Å²) in [6.07, 6.45) is 0. The van der Waals surface area contributed by atoms with Crippen molar-refractivity contribution in [1.29, 1.82) is 0 Å². The molecule has 0 saturated heterocycles. The van der Waals surface area contributed by atoms with Crippen molar-refractivity contribution in [2.45, 2.75) is 10.4 Å². The fraction of sp³-hybridized carbons (Fsp3) is 0.0400. The summed E-state index contributed by atoms with van der Waals surface area (Å²) in [5.74, 6) is 0.0362. The molecular weight excluding hydrogens is 469 g/mol. The van der Waals surface area contributed by atoms with E-state index in [1.54, 1.807) is 18.2 Å². The van der Waals surface area contributed by atoms with Gasteiger partial charge in [0.25, 0.3) is 5.91 Å². The van der Waals surface area contributed by atoms with Crippen molar-refractivity contribution >= 4 is 51.1 Å². The molecule has 0 atom stereocenters. The lowest BCUT2D eigenvalue weighted by molar-refractivity contribution is -0.0328. The highest BCUT2D eigenvalue weighted by Gasteiger charge is 2.29. The van der Waals surface area contributed by atoms with Gasteiger partial charge in [-0.1, -0.05) is 54.1 Å². The highest BCUT2D eigenvalue weighted by Crippen LogP contribution is 2.37. The SMILES string of the molecule is O=C(c1ccc(SC(F)(F)F)cc1)n1c(-c2cccc3ccccc23)nc2cc(Cl)ccc21. The van der Waals surface area contributed by atoms with Crippen molar-refractivity contribution in [1.82, 2.24) is 9.55 Å². The van der Waals surface area contributed by atoms with Gasteiger partial charge in [0, 0.05) is 21.0 Å². The van der Waals surface area contributed by atoms with Crippen LogP contribution >= 0.6 is 23.4 Å². The van der Waals surface area contributed by atoms with Crippen LogP contribution in [0.4, 0.5) is 13.2 Å². The van der Waals surface area contributed by atoms with Crippen LogP contribution in [0.1, 0.15) is 10.4 Å². The third kappa shape index (κ3) is 4.21. The standard InChI is InChI=1S/C25H14ClF3N2OS/c26-17-10-13-22-21(14-17)30-23(20-7-3-5-15-4-1-2-6-19(15)20)31(22)24(32)16-8-11-18(12-9-16)33-25(27,28)29/h1-14H. The molecule has 3 nitrogen and oxygen atoms in total. The fourth-order valence-corrected chi connectivity index (χ4v) is 4.49. The molecule has 164 valence electrons. The van der Waals surface area contributed by atoms with Gasteiger partial charge in [-0.15, -0.1) is 0 Å². The lowest BCUT2D eigenvalue weighted by atomic mass is 10.0. The van der Waals surface area contributed by atoms with E-state index in [4.69, 9.17) is 16.6 Å². The molecular formula is C25H14ClF3N2OS. The molecule has 0 aliphatic carbocycles. The van der Waals surface area contributed by atoms with E-state index in [2.05, 4.69) is 0 Å². The molecule has 0 bridgehead atoms. The first-order valence-electron chi connectivity index (χ1n) is 9.87. The van der Waals surface area contributed by atoms with Gasteiger partial charge in [-0.3, -0.25) is 9.36 Å². The summed E-state index contributed by atoms with van der Waals surface area (Å²) in [6, 6.07) is 24.0. The first kappa shape index (κ1) is 21.6. The fourth-order valence-electron chi connectivity index (χ4n) is 3.79. The molecule has 0 saturated carbocycles. The molecule has 0 fully saturated rings. The average Bonchev–Trinajstić information content (AvgIpc) is 3.16. The lowest BCUT2D eigenvalue weighted by Gasteiger charge is -2.11. The molecule has 0 amide bonds. The number of fused-ring (bicyclic) bond motifs is 2. The van der Waals surface area contributed by atoms with Crippen molar-refractivity contribution in [2.75, 3.05) is 0 Å². The molecule has 1 aromatic heterocycles. The van der Waals surface area contributed by atoms with Gasteiger partial charge >= 0.3 is 5.51 Å². The van der Waals surface area contributed by atoms with E-state index in [-0.39, 0.29) is 22.2 Å². The molecule has 8 heteroatoms.